The molecule has 0 fully saturated rings. The molecule has 0 spiro atoms. The molecule has 0 aromatic carbocycles. The SMILES string of the molecule is Cc1csc(Sc2nnc(CO)s2)n1. The topological polar surface area (TPSA) is 58.9 Å². The van der Waals surface area contributed by atoms with E-state index in [1.54, 1.807) is 11.3 Å². The van der Waals surface area contributed by atoms with Crippen LogP contribution in [-0.4, -0.2) is 20.3 Å². The van der Waals surface area contributed by atoms with Gasteiger partial charge in [-0.2, -0.15) is 0 Å². The van der Waals surface area contributed by atoms with Crippen molar-refractivity contribution in [3.05, 3.63) is 16.1 Å². The van der Waals surface area contributed by atoms with E-state index in [1.807, 2.05) is 12.3 Å². The van der Waals surface area contributed by atoms with Crippen molar-refractivity contribution in [2.24, 2.45) is 0 Å². The van der Waals surface area contributed by atoms with Crippen LogP contribution in [0.3, 0.4) is 0 Å². The number of nitrogens with zero attached hydrogens (tertiary/aromatic N) is 3. The lowest BCUT2D eigenvalue weighted by Gasteiger charge is -1.86. The van der Waals surface area contributed by atoms with Crippen LogP contribution >= 0.6 is 34.4 Å². The first-order chi connectivity index (χ1) is 6.78. The zero-order valence-electron chi connectivity index (χ0n) is 7.30. The molecule has 2 heterocycles. The molecule has 0 saturated carbocycles. The Labute approximate surface area is 93.0 Å². The van der Waals surface area contributed by atoms with Crippen LogP contribution in [0, 0.1) is 6.92 Å². The molecule has 0 bridgehead atoms. The molecule has 0 aliphatic heterocycles. The number of rotatable bonds is 3. The van der Waals surface area contributed by atoms with Crippen molar-refractivity contribution in [2.45, 2.75) is 22.2 Å². The van der Waals surface area contributed by atoms with Gasteiger partial charge in [0, 0.05) is 11.1 Å². The van der Waals surface area contributed by atoms with E-state index in [0.29, 0.717) is 5.01 Å². The van der Waals surface area contributed by atoms with Crippen LogP contribution in [0.4, 0.5) is 0 Å². The lowest BCUT2D eigenvalue weighted by molar-refractivity contribution is 0.280. The van der Waals surface area contributed by atoms with Gasteiger partial charge < -0.3 is 5.11 Å². The molecular weight excluding hydrogens is 238 g/mol. The van der Waals surface area contributed by atoms with E-state index in [0.717, 1.165) is 14.4 Å². The van der Waals surface area contributed by atoms with Crippen molar-refractivity contribution < 1.29 is 5.11 Å². The first-order valence-corrected chi connectivity index (χ1v) is 6.32. The van der Waals surface area contributed by atoms with Gasteiger partial charge in [0.2, 0.25) is 0 Å². The highest BCUT2D eigenvalue weighted by molar-refractivity contribution is 8.02. The average molecular weight is 245 g/mol. The quantitative estimate of drug-likeness (QED) is 0.895. The predicted molar refractivity (Wildman–Crippen MR) is 56.8 cm³/mol. The Morgan fingerprint density at radius 1 is 1.43 bits per heavy atom. The van der Waals surface area contributed by atoms with Crippen molar-refractivity contribution in [3.8, 4) is 0 Å². The molecule has 1 N–H and O–H groups in total. The first kappa shape index (κ1) is 10.0. The Morgan fingerprint density at radius 2 is 2.29 bits per heavy atom. The average Bonchev–Trinajstić information content (AvgIpc) is 2.76. The Balaban J connectivity index is 2.10. The third kappa shape index (κ3) is 2.30. The third-order valence-corrected chi connectivity index (χ3v) is 4.37. The molecule has 0 unspecified atom stereocenters. The molecule has 2 aromatic rings. The van der Waals surface area contributed by atoms with E-state index in [9.17, 15) is 0 Å². The van der Waals surface area contributed by atoms with Gasteiger partial charge in [0.05, 0.1) is 6.61 Å². The van der Waals surface area contributed by atoms with Gasteiger partial charge >= 0.3 is 0 Å². The maximum atomic E-state index is 8.81. The van der Waals surface area contributed by atoms with Gasteiger partial charge in [0.25, 0.3) is 0 Å². The molecule has 4 nitrogen and oxygen atoms in total. The maximum Gasteiger partial charge on any atom is 0.181 e. The summed E-state index contributed by atoms with van der Waals surface area (Å²) in [5.74, 6) is 0. The second-order valence-electron chi connectivity index (χ2n) is 2.48. The zero-order valence-corrected chi connectivity index (χ0v) is 9.75. The molecule has 14 heavy (non-hydrogen) atoms. The summed E-state index contributed by atoms with van der Waals surface area (Å²) in [6.45, 7) is 1.91. The number of aliphatic hydroxyl groups excluding tert-OH is 1. The summed E-state index contributed by atoms with van der Waals surface area (Å²) >= 11 is 4.47. The fourth-order valence-electron chi connectivity index (χ4n) is 0.797. The minimum absolute atomic E-state index is 0.0465. The first-order valence-electron chi connectivity index (χ1n) is 3.81. The summed E-state index contributed by atoms with van der Waals surface area (Å²) in [6, 6.07) is 0. The number of thiazole rings is 1. The second kappa shape index (κ2) is 4.35. The monoisotopic (exact) mass is 245 g/mol. The minimum atomic E-state index is -0.0465. The van der Waals surface area contributed by atoms with Gasteiger partial charge in [-0.05, 0) is 18.7 Å². The molecule has 0 saturated heterocycles. The van der Waals surface area contributed by atoms with Crippen LogP contribution in [0.2, 0.25) is 0 Å². The van der Waals surface area contributed by atoms with Gasteiger partial charge in [-0.25, -0.2) is 4.98 Å². The van der Waals surface area contributed by atoms with Gasteiger partial charge in [-0.15, -0.1) is 21.5 Å². The van der Waals surface area contributed by atoms with Crippen LogP contribution in [0.15, 0.2) is 14.1 Å². The van der Waals surface area contributed by atoms with Crippen LogP contribution < -0.4 is 0 Å². The molecule has 0 aliphatic carbocycles. The van der Waals surface area contributed by atoms with E-state index < -0.39 is 0 Å². The molecule has 0 amide bonds. The molecular formula is C7H7N3OS3. The van der Waals surface area contributed by atoms with Crippen LogP contribution in [0.5, 0.6) is 0 Å². The highest BCUT2D eigenvalue weighted by Gasteiger charge is 2.07. The highest BCUT2D eigenvalue weighted by atomic mass is 32.2. The van der Waals surface area contributed by atoms with Crippen molar-refractivity contribution in [1.82, 2.24) is 15.2 Å². The second-order valence-corrected chi connectivity index (χ2v) is 5.89. The predicted octanol–water partition coefficient (Wildman–Crippen LogP) is 1.95. The Hall–Kier alpha value is -0.500. The molecule has 74 valence electrons. The number of aliphatic hydroxyl groups is 1. The summed E-state index contributed by atoms with van der Waals surface area (Å²) in [5.41, 5.74) is 1.02. The lowest BCUT2D eigenvalue weighted by atomic mass is 10.6. The maximum absolute atomic E-state index is 8.81. The normalized spacial score (nSPS) is 10.7. The van der Waals surface area contributed by atoms with Crippen molar-refractivity contribution in [3.63, 3.8) is 0 Å². The number of hydrogen-bond donors (Lipinski definition) is 1. The Kier molecular flexibility index (Phi) is 3.12. The summed E-state index contributed by atoms with van der Waals surface area (Å²) in [5, 5.41) is 19.2. The van der Waals surface area contributed by atoms with Crippen LogP contribution in [0.1, 0.15) is 10.7 Å². The van der Waals surface area contributed by atoms with E-state index in [-0.39, 0.29) is 6.61 Å². The van der Waals surface area contributed by atoms with Crippen molar-refractivity contribution >= 4 is 34.4 Å². The largest absolute Gasteiger partial charge is 0.389 e. The number of aryl methyl sites for hydroxylation is 1. The van der Waals surface area contributed by atoms with Gasteiger partial charge in [-0.1, -0.05) is 11.3 Å². The Morgan fingerprint density at radius 3 is 2.86 bits per heavy atom. The molecule has 2 aromatic heterocycles. The molecule has 0 aliphatic rings. The van der Waals surface area contributed by atoms with Gasteiger partial charge in [-0.3, -0.25) is 0 Å². The highest BCUT2D eigenvalue weighted by Crippen LogP contribution is 2.31. The lowest BCUT2D eigenvalue weighted by Crippen LogP contribution is -1.78. The minimum Gasteiger partial charge on any atom is -0.389 e. The summed E-state index contributed by atoms with van der Waals surface area (Å²) in [7, 11) is 0. The van der Waals surface area contributed by atoms with E-state index >= 15 is 0 Å². The Bertz CT molecular complexity index is 425. The zero-order chi connectivity index (χ0) is 9.97. The standard InChI is InChI=1S/C7H7N3OS3/c1-4-3-12-6(8-4)14-7-10-9-5(2-11)13-7/h3,11H,2H2,1H3. The van der Waals surface area contributed by atoms with Crippen molar-refractivity contribution in [2.75, 3.05) is 0 Å². The summed E-state index contributed by atoms with van der Waals surface area (Å²) in [6.07, 6.45) is 0. The summed E-state index contributed by atoms with van der Waals surface area (Å²) < 4.78 is 1.78. The molecule has 0 atom stereocenters. The van der Waals surface area contributed by atoms with E-state index in [4.69, 9.17) is 5.11 Å². The smallest absolute Gasteiger partial charge is 0.181 e. The van der Waals surface area contributed by atoms with Crippen molar-refractivity contribution in [1.29, 1.82) is 0 Å². The van der Waals surface area contributed by atoms with E-state index in [2.05, 4.69) is 15.2 Å². The fraction of sp³-hybridized carbons (Fsp3) is 0.286. The molecule has 0 radical (unpaired) electrons. The van der Waals surface area contributed by atoms with Crippen LogP contribution in [0.25, 0.3) is 0 Å². The van der Waals surface area contributed by atoms with E-state index in [1.165, 1.54) is 23.1 Å². The van der Waals surface area contributed by atoms with Crippen LogP contribution in [-0.2, 0) is 6.61 Å². The fourth-order valence-corrected chi connectivity index (χ4v) is 3.59. The van der Waals surface area contributed by atoms with Gasteiger partial charge in [0.15, 0.2) is 8.68 Å². The third-order valence-electron chi connectivity index (χ3n) is 1.36. The molecule has 7 heteroatoms. The van der Waals surface area contributed by atoms with Gasteiger partial charge in [0.1, 0.15) is 5.01 Å². The molecule has 2 rings (SSSR count). The number of aromatic nitrogens is 3. The summed E-state index contributed by atoms with van der Waals surface area (Å²) in [4.78, 5) is 4.30. The number of hydrogen-bond acceptors (Lipinski definition) is 7.